The Morgan fingerprint density at radius 1 is 0.821 bits per heavy atom. The zero-order valence-corrected chi connectivity index (χ0v) is 30.7. The summed E-state index contributed by atoms with van der Waals surface area (Å²) in [5, 5.41) is 0. The Labute approximate surface area is 251 Å². The highest BCUT2D eigenvalue weighted by Crippen LogP contribution is 2.47. The van der Waals surface area contributed by atoms with Gasteiger partial charge in [0.15, 0.2) is 0 Å². The fourth-order valence-corrected chi connectivity index (χ4v) is 10.5. The first-order valence-electron chi connectivity index (χ1n) is 15.9. The van der Waals surface area contributed by atoms with Gasteiger partial charge in [-0.2, -0.15) is 0 Å². The van der Waals surface area contributed by atoms with Crippen LogP contribution in [-0.2, 0) is 20.9 Å². The van der Waals surface area contributed by atoms with Crippen LogP contribution in [0.3, 0.4) is 0 Å². The molecule has 0 aromatic heterocycles. The maximum atomic E-state index is 11.1. The maximum Gasteiger partial charge on any atom is 0.695 e. The fraction of sp³-hybridized carbons (Fsp3) is 1.00. The Morgan fingerprint density at radius 2 is 1.26 bits per heavy atom. The van der Waals surface area contributed by atoms with Gasteiger partial charge in [-0.05, 0) is 60.2 Å². The molecule has 0 aliphatic carbocycles. The van der Waals surface area contributed by atoms with E-state index in [4.69, 9.17) is 21.2 Å². The van der Waals surface area contributed by atoms with Gasteiger partial charge in [-0.15, -0.1) is 9.42 Å². The van der Waals surface area contributed by atoms with Gasteiger partial charge < -0.3 is 4.89 Å². The largest absolute Gasteiger partial charge is 0.695 e. The number of hydrogen-bond acceptors (Lipinski definition) is 3. The van der Waals surface area contributed by atoms with Crippen molar-refractivity contribution in [2.45, 2.75) is 160 Å². The molecule has 0 bridgehead atoms. The van der Waals surface area contributed by atoms with Gasteiger partial charge in [0.1, 0.15) is 6.10 Å². The van der Waals surface area contributed by atoms with Gasteiger partial charge in [0.25, 0.3) is 0 Å². The van der Waals surface area contributed by atoms with Gasteiger partial charge in [0.2, 0.25) is 0 Å². The average Bonchev–Trinajstić information content (AvgIpc) is 2.73. The van der Waals surface area contributed by atoms with Crippen molar-refractivity contribution in [3.05, 3.63) is 0 Å². The monoisotopic (exact) mass is 611 g/mol. The molecule has 0 saturated carbocycles. The summed E-state index contributed by atoms with van der Waals surface area (Å²) in [4.78, 5) is 19.7. The summed E-state index contributed by atoms with van der Waals surface area (Å²) in [6, 6.07) is 0. The van der Waals surface area contributed by atoms with Crippen molar-refractivity contribution >= 4 is 26.3 Å². The van der Waals surface area contributed by atoms with Gasteiger partial charge in [-0.25, -0.2) is 0 Å². The molecule has 39 heavy (non-hydrogen) atoms. The van der Waals surface area contributed by atoms with E-state index in [1.54, 1.807) is 0 Å². The van der Waals surface area contributed by atoms with E-state index in [1.165, 1.54) is 32.1 Å². The van der Waals surface area contributed by atoms with Gasteiger partial charge in [0, 0.05) is 16.9 Å². The molecule has 0 spiro atoms. The summed E-state index contributed by atoms with van der Waals surface area (Å²) in [5.74, 6) is 2.08. The number of rotatable bonds is 19. The summed E-state index contributed by atoms with van der Waals surface area (Å²) >= 11 is 5.54. The second kappa shape index (κ2) is 21.3. The lowest BCUT2D eigenvalue weighted by Crippen LogP contribution is -2.25. The van der Waals surface area contributed by atoms with Crippen LogP contribution in [0.4, 0.5) is 0 Å². The molecule has 0 aliphatic rings. The van der Waals surface area contributed by atoms with Crippen LogP contribution < -0.4 is 0 Å². The van der Waals surface area contributed by atoms with Crippen molar-refractivity contribution in [3.8, 4) is 0 Å². The minimum atomic E-state index is -2.49. The van der Waals surface area contributed by atoms with Gasteiger partial charge in [0.05, 0.1) is 6.26 Å². The van der Waals surface area contributed by atoms with Crippen molar-refractivity contribution in [1.29, 1.82) is 0 Å². The van der Waals surface area contributed by atoms with Gasteiger partial charge in [-0.3, -0.25) is 0 Å². The van der Waals surface area contributed by atoms with Crippen molar-refractivity contribution in [2.24, 2.45) is 34.5 Å². The molecule has 0 heterocycles. The maximum absolute atomic E-state index is 11.1. The Morgan fingerprint density at radius 3 is 1.59 bits per heavy atom. The molecular formula is C32H69O4P2S+. The fourth-order valence-electron chi connectivity index (χ4n) is 6.13. The molecule has 0 fully saturated rings. The molecule has 0 radical (unpaired) electrons. The Balaban J connectivity index is 0. The van der Waals surface area contributed by atoms with Crippen LogP contribution in [0.15, 0.2) is 0 Å². The van der Waals surface area contributed by atoms with Crippen molar-refractivity contribution in [1.82, 2.24) is 0 Å². The topological polar surface area (TPSA) is 66.8 Å². The summed E-state index contributed by atoms with van der Waals surface area (Å²) < 4.78 is 16.5. The van der Waals surface area contributed by atoms with E-state index in [9.17, 15) is 9.46 Å². The zero-order valence-electron chi connectivity index (χ0n) is 28.1. The lowest BCUT2D eigenvalue weighted by molar-refractivity contribution is 0.0893. The van der Waals surface area contributed by atoms with E-state index >= 15 is 0 Å². The molecule has 6 atom stereocenters. The molecule has 0 aliphatic heterocycles. The summed E-state index contributed by atoms with van der Waals surface area (Å²) in [7, 11) is -2.49. The van der Waals surface area contributed by atoms with Crippen LogP contribution in [0.2, 0.25) is 0 Å². The highest BCUT2D eigenvalue weighted by Gasteiger charge is 2.31. The Kier molecular flexibility index (Phi) is 22.9. The summed E-state index contributed by atoms with van der Waals surface area (Å²) in [5.41, 5.74) is 0.650. The molecule has 236 valence electrons. The molecule has 2 N–H and O–H groups in total. The summed E-state index contributed by atoms with van der Waals surface area (Å²) in [6.45, 7) is 26.8. The molecule has 0 amide bonds. The van der Waals surface area contributed by atoms with E-state index < -0.39 is 14.5 Å². The molecule has 7 heteroatoms. The van der Waals surface area contributed by atoms with Crippen molar-refractivity contribution in [3.63, 3.8) is 0 Å². The molecule has 0 saturated heterocycles. The standard InChI is InChI=1S/C16H33O3P.C16H35OPS/c1-5-9-11-14(7-3)13-16(19-20(17)18)15(8-4)12-10-6-2;1-13(9-15(3,4)5)11-18(17,19)12-14(2)10-16(6,7)8/h14-16H,5-13H2,1-4H3;13-14H,9-12H2,1-8H3,(H,17,19)/p+1. The number of unbranched alkanes of at least 4 members (excludes halogenated alkanes) is 2. The van der Waals surface area contributed by atoms with E-state index in [0.717, 1.165) is 50.8 Å². The minimum Gasteiger partial charge on any atom is -0.365 e. The van der Waals surface area contributed by atoms with E-state index in [-0.39, 0.29) is 6.10 Å². The normalized spacial score (nSPS) is 18.3. The smallest absolute Gasteiger partial charge is 0.365 e. The predicted octanol–water partition coefficient (Wildman–Crippen LogP) is 11.4. The average molecular weight is 612 g/mol. The van der Waals surface area contributed by atoms with Crippen molar-refractivity contribution in [2.75, 3.05) is 12.3 Å². The minimum absolute atomic E-state index is 0.0537. The zero-order chi connectivity index (χ0) is 30.9. The Hall–Kier alpha value is 0.630. The number of hydrogen-bond donors (Lipinski definition) is 2. The first-order valence-corrected chi connectivity index (χ1v) is 20.2. The van der Waals surface area contributed by atoms with Crippen LogP contribution in [0.1, 0.15) is 154 Å². The molecular weight excluding hydrogens is 542 g/mol. The van der Waals surface area contributed by atoms with Gasteiger partial charge >= 0.3 is 8.25 Å². The Bertz CT molecular complexity index is 644. The van der Waals surface area contributed by atoms with E-state index in [2.05, 4.69) is 83.1 Å². The van der Waals surface area contributed by atoms with Crippen LogP contribution >= 0.6 is 14.5 Å². The third-order valence-electron chi connectivity index (χ3n) is 7.43. The third-order valence-corrected chi connectivity index (χ3v) is 11.2. The highest BCUT2D eigenvalue weighted by molar-refractivity contribution is 8.11. The second-order valence-corrected chi connectivity index (χ2v) is 19.9. The molecule has 0 aromatic rings. The molecule has 0 rings (SSSR count). The summed E-state index contributed by atoms with van der Waals surface area (Å²) in [6.07, 6.45) is 12.0. The molecule has 4 nitrogen and oxygen atoms in total. The van der Waals surface area contributed by atoms with Crippen LogP contribution in [-0.4, -0.2) is 28.2 Å². The van der Waals surface area contributed by atoms with Gasteiger partial charge in [-0.1, -0.05) is 140 Å². The molecule has 6 unspecified atom stereocenters. The first-order chi connectivity index (χ1) is 17.8. The second-order valence-electron chi connectivity index (χ2n) is 14.8. The van der Waals surface area contributed by atoms with E-state index in [1.807, 2.05) is 0 Å². The van der Waals surface area contributed by atoms with Crippen LogP contribution in [0.5, 0.6) is 0 Å². The van der Waals surface area contributed by atoms with Crippen LogP contribution in [0.25, 0.3) is 0 Å². The van der Waals surface area contributed by atoms with Crippen LogP contribution in [0, 0.1) is 34.5 Å². The van der Waals surface area contributed by atoms with E-state index in [0.29, 0.717) is 34.5 Å². The predicted molar refractivity (Wildman–Crippen MR) is 179 cm³/mol. The SMILES string of the molecule is CC(CC(C)(C)C)CP(O)(=S)CC(C)CC(C)(C)C.CCCCC(CC)CC(O[P+](=O)O)C(CC)CCCC. The highest BCUT2D eigenvalue weighted by atomic mass is 32.4. The first kappa shape index (κ1) is 41.8. The lowest BCUT2D eigenvalue weighted by Gasteiger charge is -2.29. The van der Waals surface area contributed by atoms with Crippen molar-refractivity contribution < 1.29 is 18.9 Å². The molecule has 0 aromatic carbocycles. The lowest BCUT2D eigenvalue weighted by atomic mass is 9.85. The third kappa shape index (κ3) is 26.0. The quantitative estimate of drug-likeness (QED) is 0.142.